The number of carbonyl (C=O) groups excluding carboxylic acids is 2. The van der Waals surface area contributed by atoms with E-state index in [1.54, 1.807) is 18.3 Å². The topological polar surface area (TPSA) is 67.4 Å². The van der Waals surface area contributed by atoms with E-state index in [2.05, 4.69) is 10.6 Å². The third kappa shape index (κ3) is 3.49. The standard InChI is InChI=1S/C18H18N2O3S/c1-11-8-9-14(24-11)16-15(12(2)19-18(22)20-16)17(21)23-10-13-6-4-3-5-7-13/h3-9,16H,10H2,1-2H3,(H2,19,20,22)/t16-/m1/s1. The third-order valence-corrected chi connectivity index (χ3v) is 4.81. The molecule has 1 aromatic heterocycles. The molecular weight excluding hydrogens is 324 g/mol. The van der Waals surface area contributed by atoms with Gasteiger partial charge in [-0.3, -0.25) is 0 Å². The molecule has 0 radical (unpaired) electrons. The fourth-order valence-corrected chi connectivity index (χ4v) is 3.53. The zero-order valence-corrected chi connectivity index (χ0v) is 14.3. The lowest BCUT2D eigenvalue weighted by molar-refractivity contribution is -0.140. The number of amides is 2. The van der Waals surface area contributed by atoms with E-state index >= 15 is 0 Å². The van der Waals surface area contributed by atoms with Gasteiger partial charge in [-0.1, -0.05) is 30.3 Å². The molecule has 1 atom stereocenters. The minimum atomic E-state index is -0.485. The van der Waals surface area contributed by atoms with E-state index in [9.17, 15) is 9.59 Å². The number of hydrogen-bond donors (Lipinski definition) is 2. The quantitative estimate of drug-likeness (QED) is 0.837. The van der Waals surface area contributed by atoms with Crippen molar-refractivity contribution >= 4 is 23.3 Å². The minimum Gasteiger partial charge on any atom is -0.457 e. The molecule has 0 fully saturated rings. The Hall–Kier alpha value is -2.60. The van der Waals surface area contributed by atoms with Gasteiger partial charge in [-0.05, 0) is 31.5 Å². The van der Waals surface area contributed by atoms with Crippen LogP contribution in [0.2, 0.25) is 0 Å². The molecule has 3 rings (SSSR count). The summed E-state index contributed by atoms with van der Waals surface area (Å²) in [5, 5.41) is 5.46. The highest BCUT2D eigenvalue weighted by molar-refractivity contribution is 7.12. The number of urea groups is 1. The van der Waals surface area contributed by atoms with Crippen LogP contribution >= 0.6 is 11.3 Å². The average Bonchev–Trinajstić information content (AvgIpc) is 2.99. The van der Waals surface area contributed by atoms with Crippen LogP contribution in [-0.4, -0.2) is 12.0 Å². The second-order valence-electron chi connectivity index (χ2n) is 5.58. The molecule has 1 aliphatic rings. The predicted molar refractivity (Wildman–Crippen MR) is 92.4 cm³/mol. The average molecular weight is 342 g/mol. The molecule has 0 saturated heterocycles. The van der Waals surface area contributed by atoms with Gasteiger partial charge in [0.15, 0.2) is 0 Å². The van der Waals surface area contributed by atoms with Crippen LogP contribution in [0.3, 0.4) is 0 Å². The van der Waals surface area contributed by atoms with Crippen molar-refractivity contribution in [3.8, 4) is 0 Å². The van der Waals surface area contributed by atoms with E-state index in [1.165, 1.54) is 0 Å². The Morgan fingerprint density at radius 3 is 2.58 bits per heavy atom. The van der Waals surface area contributed by atoms with Crippen LogP contribution in [-0.2, 0) is 16.1 Å². The van der Waals surface area contributed by atoms with Gasteiger partial charge < -0.3 is 15.4 Å². The first kappa shape index (κ1) is 16.3. The highest BCUT2D eigenvalue weighted by Gasteiger charge is 2.33. The monoisotopic (exact) mass is 342 g/mol. The molecule has 0 unspecified atom stereocenters. The molecule has 2 aromatic rings. The molecule has 1 aromatic carbocycles. The molecule has 0 bridgehead atoms. The minimum absolute atomic E-state index is 0.195. The Morgan fingerprint density at radius 1 is 1.17 bits per heavy atom. The molecule has 1 aliphatic heterocycles. The van der Waals surface area contributed by atoms with Crippen molar-refractivity contribution in [1.82, 2.24) is 10.6 Å². The van der Waals surface area contributed by atoms with Crippen molar-refractivity contribution in [2.45, 2.75) is 26.5 Å². The summed E-state index contributed by atoms with van der Waals surface area (Å²) < 4.78 is 5.45. The maximum absolute atomic E-state index is 12.6. The van der Waals surface area contributed by atoms with Crippen LogP contribution in [0.4, 0.5) is 4.79 Å². The van der Waals surface area contributed by atoms with Gasteiger partial charge in [0.2, 0.25) is 0 Å². The summed E-state index contributed by atoms with van der Waals surface area (Å²) in [7, 11) is 0. The number of thiophene rings is 1. The maximum Gasteiger partial charge on any atom is 0.338 e. The van der Waals surface area contributed by atoms with E-state index in [-0.39, 0.29) is 12.6 Å². The Kier molecular flexibility index (Phi) is 4.66. The molecule has 2 heterocycles. The van der Waals surface area contributed by atoms with Gasteiger partial charge in [-0.25, -0.2) is 9.59 Å². The van der Waals surface area contributed by atoms with Gasteiger partial charge in [0.05, 0.1) is 11.6 Å². The molecular formula is C18H18N2O3S. The Morgan fingerprint density at radius 2 is 1.92 bits per heavy atom. The molecule has 2 amide bonds. The Balaban J connectivity index is 1.82. The molecule has 124 valence electrons. The number of rotatable bonds is 4. The molecule has 0 saturated carbocycles. The lowest BCUT2D eigenvalue weighted by Gasteiger charge is -2.27. The fourth-order valence-electron chi connectivity index (χ4n) is 2.59. The summed E-state index contributed by atoms with van der Waals surface area (Å²) in [6, 6.07) is 12.6. The van der Waals surface area contributed by atoms with E-state index in [0.29, 0.717) is 11.3 Å². The molecule has 2 N–H and O–H groups in total. The summed E-state index contributed by atoms with van der Waals surface area (Å²) in [5.41, 5.74) is 1.88. The molecule has 0 aliphatic carbocycles. The van der Waals surface area contributed by atoms with Crippen molar-refractivity contribution in [1.29, 1.82) is 0 Å². The zero-order chi connectivity index (χ0) is 17.1. The predicted octanol–water partition coefficient (Wildman–Crippen LogP) is 3.43. The highest BCUT2D eigenvalue weighted by Crippen LogP contribution is 2.32. The van der Waals surface area contributed by atoms with E-state index in [4.69, 9.17) is 4.74 Å². The number of hydrogen-bond acceptors (Lipinski definition) is 4. The largest absolute Gasteiger partial charge is 0.457 e. The first-order chi connectivity index (χ1) is 11.5. The summed E-state index contributed by atoms with van der Waals surface area (Å²) in [6.45, 7) is 3.90. The van der Waals surface area contributed by atoms with E-state index in [0.717, 1.165) is 15.3 Å². The van der Waals surface area contributed by atoms with Crippen molar-refractivity contribution in [2.75, 3.05) is 0 Å². The highest BCUT2D eigenvalue weighted by atomic mass is 32.1. The molecule has 5 nitrogen and oxygen atoms in total. The van der Waals surface area contributed by atoms with Gasteiger partial charge in [0.25, 0.3) is 0 Å². The Bertz CT molecular complexity index is 796. The molecule has 6 heteroatoms. The van der Waals surface area contributed by atoms with Crippen molar-refractivity contribution < 1.29 is 14.3 Å². The SMILES string of the molecule is CC1=C(C(=O)OCc2ccccc2)[C@@H](c2ccc(C)s2)NC(=O)N1. The van der Waals surface area contributed by atoms with Crippen molar-refractivity contribution in [2.24, 2.45) is 0 Å². The smallest absolute Gasteiger partial charge is 0.338 e. The number of nitrogens with one attached hydrogen (secondary N) is 2. The summed E-state index contributed by atoms with van der Waals surface area (Å²) in [5.74, 6) is -0.431. The number of carbonyl (C=O) groups is 2. The number of benzene rings is 1. The van der Waals surface area contributed by atoms with Crippen LogP contribution in [0.1, 0.15) is 28.3 Å². The van der Waals surface area contributed by atoms with Gasteiger partial charge in [-0.2, -0.15) is 0 Å². The van der Waals surface area contributed by atoms with E-state index < -0.39 is 12.0 Å². The van der Waals surface area contributed by atoms with Crippen molar-refractivity contribution in [3.05, 3.63) is 69.1 Å². The summed E-state index contributed by atoms with van der Waals surface area (Å²) >= 11 is 1.55. The van der Waals surface area contributed by atoms with Gasteiger partial charge >= 0.3 is 12.0 Å². The number of esters is 1. The number of ether oxygens (including phenoxy) is 1. The second-order valence-corrected chi connectivity index (χ2v) is 6.90. The lowest BCUT2D eigenvalue weighted by atomic mass is 10.0. The van der Waals surface area contributed by atoms with Crippen LogP contribution in [0.15, 0.2) is 53.7 Å². The van der Waals surface area contributed by atoms with Gasteiger partial charge in [0.1, 0.15) is 6.61 Å². The zero-order valence-electron chi connectivity index (χ0n) is 13.5. The Labute approximate surface area is 144 Å². The normalized spacial score (nSPS) is 17.2. The first-order valence-electron chi connectivity index (χ1n) is 7.60. The lowest BCUT2D eigenvalue weighted by Crippen LogP contribution is -2.45. The fraction of sp³-hybridized carbons (Fsp3) is 0.222. The van der Waals surface area contributed by atoms with Crippen LogP contribution in [0.25, 0.3) is 0 Å². The summed E-state index contributed by atoms with van der Waals surface area (Å²) in [4.78, 5) is 26.4. The third-order valence-electron chi connectivity index (χ3n) is 3.75. The van der Waals surface area contributed by atoms with Crippen LogP contribution < -0.4 is 10.6 Å². The number of allylic oxidation sites excluding steroid dienone is 1. The first-order valence-corrected chi connectivity index (χ1v) is 8.42. The number of aryl methyl sites for hydroxylation is 1. The molecule has 24 heavy (non-hydrogen) atoms. The van der Waals surface area contributed by atoms with E-state index in [1.807, 2.05) is 49.4 Å². The van der Waals surface area contributed by atoms with Crippen molar-refractivity contribution in [3.63, 3.8) is 0 Å². The summed E-state index contributed by atoms with van der Waals surface area (Å²) in [6.07, 6.45) is 0. The van der Waals surface area contributed by atoms with Gasteiger partial charge in [0, 0.05) is 15.5 Å². The van der Waals surface area contributed by atoms with Crippen LogP contribution in [0, 0.1) is 6.92 Å². The van der Waals surface area contributed by atoms with Gasteiger partial charge in [-0.15, -0.1) is 11.3 Å². The maximum atomic E-state index is 12.6. The second kappa shape index (κ2) is 6.88. The van der Waals surface area contributed by atoms with Crippen LogP contribution in [0.5, 0.6) is 0 Å². The molecule has 0 spiro atoms.